The lowest BCUT2D eigenvalue weighted by Crippen LogP contribution is -2.59. The largest absolute Gasteiger partial charge is 0.395 e. The summed E-state index contributed by atoms with van der Waals surface area (Å²) < 4.78 is 12.6. The number of aliphatic hydroxyl groups is 3. The van der Waals surface area contributed by atoms with Gasteiger partial charge in [-0.05, 0) is 0 Å². The van der Waals surface area contributed by atoms with Gasteiger partial charge >= 0.3 is 0 Å². The minimum atomic E-state index is -1.45. The summed E-state index contributed by atoms with van der Waals surface area (Å²) in [6, 6.07) is -0.614. The molecular weight excluding hydrogens is 153 g/mol. The van der Waals surface area contributed by atoms with Crippen LogP contribution in [-0.2, 0) is 0 Å². The lowest BCUT2D eigenvalue weighted by Gasteiger charge is -2.33. The zero-order valence-electron chi connectivity index (χ0n) is 5.94. The number of aliphatic hydroxyl groups excluding tert-OH is 3. The maximum atomic E-state index is 12.6. The number of alkyl halides is 1. The Morgan fingerprint density at radius 3 is 2.55 bits per heavy atom. The molecule has 1 saturated heterocycles. The Morgan fingerprint density at radius 1 is 1.36 bits per heavy atom. The number of hydrogen-bond donors (Lipinski definition) is 4. The minimum Gasteiger partial charge on any atom is -0.395 e. The highest BCUT2D eigenvalue weighted by molar-refractivity contribution is 4.91. The molecule has 5 heteroatoms. The molecule has 1 heterocycles. The summed E-state index contributed by atoms with van der Waals surface area (Å²) >= 11 is 0. The van der Waals surface area contributed by atoms with E-state index in [1.165, 1.54) is 0 Å². The fourth-order valence-corrected chi connectivity index (χ4v) is 1.13. The van der Waals surface area contributed by atoms with Crippen molar-refractivity contribution >= 4 is 0 Å². The van der Waals surface area contributed by atoms with Gasteiger partial charge in [-0.25, -0.2) is 4.39 Å². The second kappa shape index (κ2) is 3.44. The van der Waals surface area contributed by atoms with Crippen LogP contribution in [0.4, 0.5) is 4.39 Å². The maximum Gasteiger partial charge on any atom is 0.141 e. The van der Waals surface area contributed by atoms with Crippen LogP contribution in [0, 0.1) is 0 Å². The third-order valence-corrected chi connectivity index (χ3v) is 1.90. The predicted molar refractivity (Wildman–Crippen MR) is 35.8 cm³/mol. The quantitative estimate of drug-likeness (QED) is 0.363. The summed E-state index contributed by atoms with van der Waals surface area (Å²) in [5, 5.41) is 29.2. The average Bonchev–Trinajstić information content (AvgIpc) is 2.01. The standard InChI is InChI=1S/C6H12FNO3/c7-3-1-8-4(2-9)6(11)5(3)10/h3-6,8-11H,1-2H2/t3-,4-,5-,6-/m1/s1. The molecule has 0 aromatic rings. The van der Waals surface area contributed by atoms with Crippen LogP contribution in [0.3, 0.4) is 0 Å². The minimum absolute atomic E-state index is 0.0244. The number of hydrogen-bond acceptors (Lipinski definition) is 4. The van der Waals surface area contributed by atoms with Gasteiger partial charge in [0.1, 0.15) is 18.4 Å². The first-order valence-corrected chi connectivity index (χ1v) is 3.51. The Morgan fingerprint density at radius 2 is 2.00 bits per heavy atom. The third-order valence-electron chi connectivity index (χ3n) is 1.90. The second-order valence-corrected chi connectivity index (χ2v) is 2.69. The normalized spacial score (nSPS) is 45.8. The molecule has 0 radical (unpaired) electrons. The molecule has 11 heavy (non-hydrogen) atoms. The smallest absolute Gasteiger partial charge is 0.141 e. The molecule has 4 atom stereocenters. The Hall–Kier alpha value is -0.230. The molecule has 4 nitrogen and oxygen atoms in total. The van der Waals surface area contributed by atoms with Crippen LogP contribution in [-0.4, -0.2) is 52.9 Å². The monoisotopic (exact) mass is 165 g/mol. The molecule has 0 saturated carbocycles. The van der Waals surface area contributed by atoms with Crippen LogP contribution in [0.15, 0.2) is 0 Å². The van der Waals surface area contributed by atoms with Gasteiger partial charge in [0.15, 0.2) is 0 Å². The van der Waals surface area contributed by atoms with Gasteiger partial charge in [0.2, 0.25) is 0 Å². The summed E-state index contributed by atoms with van der Waals surface area (Å²) in [6.45, 7) is -0.325. The molecule has 1 aliphatic rings. The molecule has 1 aliphatic heterocycles. The molecule has 0 aromatic carbocycles. The van der Waals surface area contributed by atoms with E-state index in [1.807, 2.05) is 0 Å². The molecule has 0 aliphatic carbocycles. The SMILES string of the molecule is OC[C@H]1NC[C@@H](F)[C@@H](O)[C@@H]1O. The van der Waals surface area contributed by atoms with E-state index in [1.54, 1.807) is 0 Å². The van der Waals surface area contributed by atoms with Gasteiger partial charge in [-0.15, -0.1) is 0 Å². The van der Waals surface area contributed by atoms with Gasteiger partial charge in [0.25, 0.3) is 0 Å². The number of piperidine rings is 1. The molecule has 1 fully saturated rings. The van der Waals surface area contributed by atoms with Crippen LogP contribution < -0.4 is 5.32 Å². The van der Waals surface area contributed by atoms with E-state index in [0.717, 1.165) is 0 Å². The molecule has 66 valence electrons. The lowest BCUT2D eigenvalue weighted by molar-refractivity contribution is -0.0762. The summed E-state index contributed by atoms with van der Waals surface area (Å²) in [7, 11) is 0. The molecule has 0 spiro atoms. The van der Waals surface area contributed by atoms with E-state index in [0.29, 0.717) is 0 Å². The topological polar surface area (TPSA) is 72.7 Å². The van der Waals surface area contributed by atoms with Crippen LogP contribution >= 0.6 is 0 Å². The van der Waals surface area contributed by atoms with Gasteiger partial charge in [0.05, 0.1) is 12.6 Å². The Kier molecular flexibility index (Phi) is 2.78. The van der Waals surface area contributed by atoms with Crippen LogP contribution in [0.25, 0.3) is 0 Å². The Balaban J connectivity index is 2.52. The number of rotatable bonds is 1. The zero-order valence-corrected chi connectivity index (χ0v) is 5.94. The number of nitrogens with one attached hydrogen (secondary N) is 1. The van der Waals surface area contributed by atoms with Crippen molar-refractivity contribution in [3.05, 3.63) is 0 Å². The van der Waals surface area contributed by atoms with Crippen LogP contribution in [0.5, 0.6) is 0 Å². The second-order valence-electron chi connectivity index (χ2n) is 2.69. The molecule has 1 rings (SSSR count). The molecule has 0 amide bonds. The third kappa shape index (κ3) is 1.67. The highest BCUT2D eigenvalue weighted by atomic mass is 19.1. The van der Waals surface area contributed by atoms with E-state index >= 15 is 0 Å². The summed E-state index contributed by atoms with van der Waals surface area (Å²) in [4.78, 5) is 0. The maximum absolute atomic E-state index is 12.6. The molecule has 4 N–H and O–H groups in total. The Labute approximate surface area is 63.7 Å². The van der Waals surface area contributed by atoms with Gasteiger partial charge in [0, 0.05) is 6.54 Å². The Bertz CT molecular complexity index is 133. The summed E-state index contributed by atoms with van der Waals surface area (Å²) in [5.41, 5.74) is 0. The van der Waals surface area contributed by atoms with Crippen molar-refractivity contribution in [3.8, 4) is 0 Å². The number of halogens is 1. The first kappa shape index (κ1) is 8.86. The van der Waals surface area contributed by atoms with Crippen molar-refractivity contribution in [3.63, 3.8) is 0 Å². The van der Waals surface area contributed by atoms with Crippen molar-refractivity contribution < 1.29 is 19.7 Å². The van der Waals surface area contributed by atoms with Crippen molar-refractivity contribution in [2.45, 2.75) is 24.4 Å². The van der Waals surface area contributed by atoms with Gasteiger partial charge < -0.3 is 20.6 Å². The highest BCUT2D eigenvalue weighted by Gasteiger charge is 2.36. The van der Waals surface area contributed by atoms with Crippen molar-refractivity contribution in [2.24, 2.45) is 0 Å². The molecular formula is C6H12FNO3. The van der Waals surface area contributed by atoms with E-state index in [2.05, 4.69) is 5.32 Å². The fourth-order valence-electron chi connectivity index (χ4n) is 1.13. The van der Waals surface area contributed by atoms with E-state index < -0.39 is 24.4 Å². The summed E-state index contributed by atoms with van der Waals surface area (Å²) in [6.07, 6.45) is -4.05. The van der Waals surface area contributed by atoms with Gasteiger partial charge in [-0.1, -0.05) is 0 Å². The predicted octanol–water partition coefficient (Wildman–Crippen LogP) is -1.99. The van der Waals surface area contributed by atoms with Gasteiger partial charge in [-0.2, -0.15) is 0 Å². The van der Waals surface area contributed by atoms with Crippen LogP contribution in [0.1, 0.15) is 0 Å². The van der Waals surface area contributed by atoms with E-state index in [4.69, 9.17) is 15.3 Å². The van der Waals surface area contributed by atoms with Gasteiger partial charge in [-0.3, -0.25) is 0 Å². The highest BCUT2D eigenvalue weighted by Crippen LogP contribution is 2.12. The van der Waals surface area contributed by atoms with E-state index in [9.17, 15) is 4.39 Å². The van der Waals surface area contributed by atoms with Crippen molar-refractivity contribution in [2.75, 3.05) is 13.2 Å². The van der Waals surface area contributed by atoms with Crippen molar-refractivity contribution in [1.82, 2.24) is 5.32 Å². The average molecular weight is 165 g/mol. The summed E-state index contributed by atoms with van der Waals surface area (Å²) in [5.74, 6) is 0. The fraction of sp³-hybridized carbons (Fsp3) is 1.00. The lowest BCUT2D eigenvalue weighted by atomic mass is 9.98. The van der Waals surface area contributed by atoms with Crippen molar-refractivity contribution in [1.29, 1.82) is 0 Å². The molecule has 0 unspecified atom stereocenters. The molecule has 0 aromatic heterocycles. The zero-order chi connectivity index (χ0) is 8.43. The van der Waals surface area contributed by atoms with Crippen LogP contribution in [0.2, 0.25) is 0 Å². The van der Waals surface area contributed by atoms with E-state index in [-0.39, 0.29) is 13.2 Å². The first-order valence-electron chi connectivity index (χ1n) is 3.51. The molecule has 0 bridgehead atoms. The first-order chi connectivity index (χ1) is 5.16.